The Balaban J connectivity index is 0. The number of hydrogen-bond donors (Lipinski definition) is 0. The Morgan fingerprint density at radius 1 is 1.22 bits per heavy atom. The largest absolute Gasteiger partial charge is 0.373 e. The number of hydrogen-bond acceptors (Lipinski definition) is 0. The van der Waals surface area contributed by atoms with Gasteiger partial charge in [0.25, 0.3) is 0 Å². The number of quaternary nitrogens is 1. The van der Waals surface area contributed by atoms with Crippen molar-refractivity contribution in [2.24, 2.45) is 0 Å². The molecule has 0 N–H and O–H groups in total. The van der Waals surface area contributed by atoms with Gasteiger partial charge in [-0.2, -0.15) is 0 Å². The minimum absolute atomic E-state index is 1.07. The van der Waals surface area contributed by atoms with Crippen molar-refractivity contribution in [1.82, 2.24) is 0 Å². The van der Waals surface area contributed by atoms with Crippen LogP contribution in [0, 0.1) is 0 Å². The van der Waals surface area contributed by atoms with Crippen molar-refractivity contribution >= 4 is 0 Å². The second-order valence-electron chi connectivity index (χ2n) is 2.70. The van der Waals surface area contributed by atoms with Crippen LogP contribution < -0.4 is 0 Å². The average molecular weight is 130 g/mol. The van der Waals surface area contributed by atoms with E-state index in [-0.39, 0.29) is 0 Å². The second kappa shape index (κ2) is 5.41. The van der Waals surface area contributed by atoms with Gasteiger partial charge in [-0.1, -0.05) is 0 Å². The lowest BCUT2D eigenvalue weighted by atomic mass is 10.6. The first-order valence-corrected chi connectivity index (χ1v) is 2.76. The molecule has 9 heavy (non-hydrogen) atoms. The fraction of sp³-hybridized carbons (Fsp3) is 1.00. The molecule has 0 unspecified atom stereocenters. The van der Waals surface area contributed by atoms with Crippen LogP contribution in [0.4, 0.5) is 0 Å². The van der Waals surface area contributed by atoms with E-state index in [9.17, 15) is 0 Å². The molecule has 0 aromatic rings. The maximum Gasteiger partial charge on any atom is 0.0751 e. The molecule has 0 bridgehead atoms. The first kappa shape index (κ1) is 11.1. The zero-order valence-electron chi connectivity index (χ0n) is 6.50. The van der Waals surface area contributed by atoms with Crippen LogP contribution in [0.1, 0.15) is 6.92 Å². The van der Waals surface area contributed by atoms with Crippen molar-refractivity contribution < 1.29 is 4.48 Å². The van der Waals surface area contributed by atoms with Gasteiger partial charge in [0.2, 0.25) is 0 Å². The summed E-state index contributed by atoms with van der Waals surface area (Å²) in [5.41, 5.74) is 13.5. The van der Waals surface area contributed by atoms with Crippen molar-refractivity contribution in [3.8, 4) is 0 Å². The molecule has 0 aliphatic carbocycles. The Morgan fingerprint density at radius 3 is 1.33 bits per heavy atom. The van der Waals surface area contributed by atoms with Crippen LogP contribution in [0.15, 0.2) is 0 Å². The Bertz CT molecular complexity index is 85.6. The van der Waals surface area contributed by atoms with Gasteiger partial charge >= 0.3 is 0 Å². The van der Waals surface area contributed by atoms with E-state index >= 15 is 0 Å². The highest BCUT2D eigenvalue weighted by atomic mass is 15.3. The highest BCUT2D eigenvalue weighted by Crippen LogP contribution is 1.83. The lowest BCUT2D eigenvalue weighted by molar-refractivity contribution is -0.868. The van der Waals surface area contributed by atoms with E-state index in [0.717, 1.165) is 4.48 Å². The summed E-state index contributed by atoms with van der Waals surface area (Å²) in [6.07, 6.45) is 0. The van der Waals surface area contributed by atoms with Crippen LogP contribution in [-0.4, -0.2) is 32.2 Å². The summed E-state index contributed by atoms with van der Waals surface area (Å²) < 4.78 is 1.07. The van der Waals surface area contributed by atoms with E-state index in [0.29, 0.717) is 0 Å². The molecule has 0 saturated heterocycles. The van der Waals surface area contributed by atoms with E-state index in [1.807, 2.05) is 0 Å². The minimum atomic E-state index is 1.07. The van der Waals surface area contributed by atoms with Crippen LogP contribution in [0.25, 0.3) is 16.0 Å². The molecule has 0 heterocycles. The summed E-state index contributed by atoms with van der Waals surface area (Å²) in [5, 5.41) is 0. The average Bonchev–Trinajstić information content (AvgIpc) is 1.67. The van der Waals surface area contributed by atoms with Gasteiger partial charge in [0.05, 0.1) is 27.7 Å². The van der Waals surface area contributed by atoms with Crippen LogP contribution in [0.2, 0.25) is 0 Å². The number of nitrogens with zero attached hydrogens (tertiary/aromatic N) is 4. The monoisotopic (exact) mass is 130 g/mol. The maximum atomic E-state index is 6.75. The molecule has 0 radical (unpaired) electrons. The standard InChI is InChI=1S/C5H14N.N3/c1-5-6(2,3)4;1-3-2/h5H2,1-4H3;/q+1;-1. The Labute approximate surface area is 56.1 Å². The van der Waals surface area contributed by atoms with Crippen molar-refractivity contribution in [2.45, 2.75) is 6.92 Å². The van der Waals surface area contributed by atoms with Crippen molar-refractivity contribution in [3.05, 3.63) is 16.0 Å². The summed E-state index contributed by atoms with van der Waals surface area (Å²) in [5.74, 6) is 0. The molecule has 0 aromatic carbocycles. The third-order valence-electron chi connectivity index (χ3n) is 0.949. The van der Waals surface area contributed by atoms with Gasteiger partial charge in [0.15, 0.2) is 0 Å². The summed E-state index contributed by atoms with van der Waals surface area (Å²) >= 11 is 0. The quantitative estimate of drug-likeness (QED) is 0.224. The Morgan fingerprint density at radius 2 is 1.33 bits per heavy atom. The zero-order chi connectivity index (χ0) is 7.91. The zero-order valence-corrected chi connectivity index (χ0v) is 6.50. The van der Waals surface area contributed by atoms with Crippen LogP contribution in [0.5, 0.6) is 0 Å². The van der Waals surface area contributed by atoms with E-state index in [2.05, 4.69) is 28.1 Å². The molecule has 0 aromatic heterocycles. The molecule has 0 saturated carbocycles. The minimum Gasteiger partial charge on any atom is -0.373 e. The van der Waals surface area contributed by atoms with Crippen LogP contribution >= 0.6 is 0 Å². The Hall–Kier alpha value is -0.730. The molecule has 0 atom stereocenters. The highest BCUT2D eigenvalue weighted by Gasteiger charge is 1.97. The summed E-state index contributed by atoms with van der Waals surface area (Å²) in [4.78, 5) is 1.50. The SMILES string of the molecule is CC[N+](C)(C)C.[N-]=[N+]=[N-]. The number of rotatable bonds is 1. The molecule has 0 spiro atoms. The normalized spacial score (nSPS) is 8.89. The molecule has 4 nitrogen and oxygen atoms in total. The molecule has 54 valence electrons. The molecule has 0 aliphatic heterocycles. The van der Waals surface area contributed by atoms with Gasteiger partial charge < -0.3 is 15.5 Å². The first-order chi connectivity index (χ1) is 3.97. The fourth-order valence-electron chi connectivity index (χ4n) is 0. The van der Waals surface area contributed by atoms with Crippen LogP contribution in [-0.2, 0) is 0 Å². The van der Waals surface area contributed by atoms with Crippen molar-refractivity contribution in [1.29, 1.82) is 0 Å². The molecule has 0 rings (SSSR count). The topological polar surface area (TPSA) is 58.7 Å². The molecule has 0 aliphatic rings. The van der Waals surface area contributed by atoms with Gasteiger partial charge in [-0.25, -0.2) is 0 Å². The van der Waals surface area contributed by atoms with Gasteiger partial charge in [-0.3, -0.25) is 4.91 Å². The predicted molar refractivity (Wildman–Crippen MR) is 38.7 cm³/mol. The third kappa shape index (κ3) is 39.2. The van der Waals surface area contributed by atoms with Crippen molar-refractivity contribution in [3.63, 3.8) is 0 Å². The lowest BCUT2D eigenvalue weighted by Crippen LogP contribution is -2.33. The van der Waals surface area contributed by atoms with E-state index in [1.165, 1.54) is 11.5 Å². The molecular formula is C5H14N4. The van der Waals surface area contributed by atoms with Gasteiger partial charge in [-0.15, -0.1) is 0 Å². The molecule has 0 amide bonds. The van der Waals surface area contributed by atoms with Crippen molar-refractivity contribution in [2.75, 3.05) is 27.7 Å². The predicted octanol–water partition coefficient (Wildman–Crippen LogP) is 1.58. The Kier molecular flexibility index (Phi) is 6.68. The maximum absolute atomic E-state index is 6.75. The molecular weight excluding hydrogens is 116 g/mol. The molecule has 4 heteroatoms. The second-order valence-corrected chi connectivity index (χ2v) is 2.70. The van der Waals surface area contributed by atoms with E-state index in [1.54, 1.807) is 0 Å². The molecule has 0 fully saturated rings. The lowest BCUT2D eigenvalue weighted by Gasteiger charge is -2.20. The summed E-state index contributed by atoms with van der Waals surface area (Å²) in [6, 6.07) is 0. The highest BCUT2D eigenvalue weighted by molar-refractivity contribution is 4.36. The third-order valence-corrected chi connectivity index (χ3v) is 0.949. The van der Waals surface area contributed by atoms with Gasteiger partial charge in [0.1, 0.15) is 0 Å². The van der Waals surface area contributed by atoms with E-state index < -0.39 is 0 Å². The van der Waals surface area contributed by atoms with E-state index in [4.69, 9.17) is 11.1 Å². The summed E-state index contributed by atoms with van der Waals surface area (Å²) in [7, 11) is 6.54. The van der Waals surface area contributed by atoms with Gasteiger partial charge in [0, 0.05) is 0 Å². The fourth-order valence-corrected chi connectivity index (χ4v) is 0. The van der Waals surface area contributed by atoms with Gasteiger partial charge in [-0.05, 0) is 6.92 Å². The summed E-state index contributed by atoms with van der Waals surface area (Å²) in [6.45, 7) is 3.39. The first-order valence-electron chi connectivity index (χ1n) is 2.76. The van der Waals surface area contributed by atoms with Crippen LogP contribution in [0.3, 0.4) is 0 Å². The smallest absolute Gasteiger partial charge is 0.0751 e.